The smallest absolute Gasteiger partial charge is 0.254 e. The van der Waals surface area contributed by atoms with Crippen LogP contribution in [0.4, 0.5) is 0 Å². The van der Waals surface area contributed by atoms with Crippen LogP contribution in [0.1, 0.15) is 53.7 Å². The number of nitrogens with zero attached hydrogens (tertiary/aromatic N) is 6. The van der Waals surface area contributed by atoms with E-state index in [9.17, 15) is 4.79 Å². The molecule has 9 heteroatoms. The van der Waals surface area contributed by atoms with Gasteiger partial charge in [-0.05, 0) is 38.0 Å². The fourth-order valence-corrected chi connectivity index (χ4v) is 4.11. The molecule has 2 aromatic heterocycles. The fourth-order valence-electron chi connectivity index (χ4n) is 4.11. The lowest BCUT2D eigenvalue weighted by Gasteiger charge is -2.34. The van der Waals surface area contributed by atoms with Crippen molar-refractivity contribution in [3.8, 4) is 0 Å². The molecule has 0 unspecified atom stereocenters. The van der Waals surface area contributed by atoms with E-state index < -0.39 is 0 Å². The number of benzene rings is 1. The number of aromatic nitrogens is 6. The number of fused-ring (bicyclic) bond motifs is 2. The van der Waals surface area contributed by atoms with Gasteiger partial charge in [0, 0.05) is 31.2 Å². The van der Waals surface area contributed by atoms with Crippen molar-refractivity contribution in [2.75, 3.05) is 19.8 Å². The van der Waals surface area contributed by atoms with E-state index in [0.29, 0.717) is 30.1 Å². The third kappa shape index (κ3) is 2.78. The number of carbonyl (C=O) groups excluding carboxylic acids is 1. The largest absolute Gasteiger partial charge is 0.381 e. The van der Waals surface area contributed by atoms with Crippen LogP contribution in [0.3, 0.4) is 0 Å². The summed E-state index contributed by atoms with van der Waals surface area (Å²) in [5, 5.41) is 19.6. The van der Waals surface area contributed by atoms with Crippen LogP contribution in [0.2, 0.25) is 0 Å². The van der Waals surface area contributed by atoms with E-state index in [0.717, 1.165) is 43.2 Å². The van der Waals surface area contributed by atoms with Crippen molar-refractivity contribution in [1.29, 1.82) is 0 Å². The van der Waals surface area contributed by atoms with Crippen molar-refractivity contribution in [3.63, 3.8) is 0 Å². The standard InChI is InChI=1S/C18H21N7O2/c1-11-9-24(18(26)13-2-3-14-15(8-13)20-23-19-14)10-16-21-22-17(25(11)16)12-4-6-27-7-5-12/h2-3,8,11-12H,4-7,9-10H2,1H3,(H,19,20,23)/t11-/m0/s1. The molecule has 9 nitrogen and oxygen atoms in total. The normalized spacial score (nSPS) is 20.8. The number of nitrogens with one attached hydrogen (secondary N) is 1. The molecule has 0 radical (unpaired) electrons. The van der Waals surface area contributed by atoms with Crippen molar-refractivity contribution in [1.82, 2.24) is 35.1 Å². The average molecular weight is 367 g/mol. The number of aromatic amines is 1. The van der Waals surface area contributed by atoms with E-state index >= 15 is 0 Å². The topological polar surface area (TPSA) is 102 Å². The van der Waals surface area contributed by atoms with Crippen LogP contribution >= 0.6 is 0 Å². The van der Waals surface area contributed by atoms with Gasteiger partial charge in [-0.15, -0.1) is 10.2 Å². The summed E-state index contributed by atoms with van der Waals surface area (Å²) in [5.41, 5.74) is 2.05. The summed E-state index contributed by atoms with van der Waals surface area (Å²) in [7, 11) is 0. The van der Waals surface area contributed by atoms with E-state index in [1.165, 1.54) is 0 Å². The van der Waals surface area contributed by atoms with E-state index in [2.05, 4.69) is 37.1 Å². The first-order valence-electron chi connectivity index (χ1n) is 9.32. The monoisotopic (exact) mass is 367 g/mol. The molecule has 5 rings (SSSR count). The molecule has 1 atom stereocenters. The highest BCUT2D eigenvalue weighted by Gasteiger charge is 2.32. The summed E-state index contributed by atoms with van der Waals surface area (Å²) in [6, 6.07) is 5.52. The molecule has 1 N–H and O–H groups in total. The molecule has 1 fully saturated rings. The van der Waals surface area contributed by atoms with Gasteiger partial charge in [0.2, 0.25) is 0 Å². The maximum atomic E-state index is 13.0. The van der Waals surface area contributed by atoms with E-state index in [4.69, 9.17) is 4.74 Å². The van der Waals surface area contributed by atoms with Gasteiger partial charge in [-0.1, -0.05) is 0 Å². The number of carbonyl (C=O) groups is 1. The Balaban J connectivity index is 1.41. The highest BCUT2D eigenvalue weighted by molar-refractivity contribution is 5.97. The Morgan fingerprint density at radius 3 is 2.85 bits per heavy atom. The molecule has 0 saturated carbocycles. The number of hydrogen-bond acceptors (Lipinski definition) is 6. The van der Waals surface area contributed by atoms with E-state index in [1.807, 2.05) is 11.0 Å². The van der Waals surface area contributed by atoms with E-state index in [-0.39, 0.29) is 11.9 Å². The number of ether oxygens (including phenoxy) is 1. The van der Waals surface area contributed by atoms with Gasteiger partial charge in [-0.3, -0.25) is 4.79 Å². The second-order valence-electron chi connectivity index (χ2n) is 7.29. The Morgan fingerprint density at radius 1 is 1.19 bits per heavy atom. The van der Waals surface area contributed by atoms with Gasteiger partial charge in [0.15, 0.2) is 5.82 Å². The Hall–Kier alpha value is -2.81. The van der Waals surface area contributed by atoms with Gasteiger partial charge in [-0.2, -0.15) is 15.4 Å². The third-order valence-electron chi connectivity index (χ3n) is 5.49. The summed E-state index contributed by atoms with van der Waals surface area (Å²) in [5.74, 6) is 2.26. The molecule has 1 aromatic carbocycles. The molecule has 3 aromatic rings. The minimum absolute atomic E-state index is 0.0198. The predicted molar refractivity (Wildman–Crippen MR) is 96.2 cm³/mol. The molecular formula is C18H21N7O2. The van der Waals surface area contributed by atoms with Crippen LogP contribution in [0.5, 0.6) is 0 Å². The van der Waals surface area contributed by atoms with Crippen molar-refractivity contribution in [2.45, 2.75) is 38.3 Å². The SMILES string of the molecule is C[C@H]1CN(C(=O)c2ccc3n[nH]nc3c2)Cc2nnc(C3CCOCC3)n21. The third-order valence-corrected chi connectivity index (χ3v) is 5.49. The zero-order valence-electron chi connectivity index (χ0n) is 15.1. The average Bonchev–Trinajstić information content (AvgIpc) is 3.34. The van der Waals surface area contributed by atoms with Gasteiger partial charge >= 0.3 is 0 Å². The van der Waals surface area contributed by atoms with Gasteiger partial charge in [0.25, 0.3) is 5.91 Å². The number of hydrogen-bond donors (Lipinski definition) is 1. The Bertz CT molecular complexity index is 989. The van der Waals surface area contributed by atoms with Crippen molar-refractivity contribution < 1.29 is 9.53 Å². The molecule has 1 saturated heterocycles. The van der Waals surface area contributed by atoms with Crippen LogP contribution < -0.4 is 0 Å². The van der Waals surface area contributed by atoms with Crippen molar-refractivity contribution in [3.05, 3.63) is 35.4 Å². The molecule has 0 aliphatic carbocycles. The number of rotatable bonds is 2. The maximum Gasteiger partial charge on any atom is 0.254 e. The summed E-state index contributed by atoms with van der Waals surface area (Å²) < 4.78 is 7.69. The van der Waals surface area contributed by atoms with Gasteiger partial charge in [-0.25, -0.2) is 0 Å². The quantitative estimate of drug-likeness (QED) is 0.739. The second-order valence-corrected chi connectivity index (χ2v) is 7.29. The van der Waals surface area contributed by atoms with Crippen LogP contribution in [0.25, 0.3) is 11.0 Å². The Kier molecular flexibility index (Phi) is 3.89. The fraction of sp³-hybridized carbons (Fsp3) is 0.500. The van der Waals surface area contributed by atoms with Gasteiger partial charge in [0.05, 0.1) is 12.6 Å². The number of H-pyrrole nitrogens is 1. The Morgan fingerprint density at radius 2 is 2.00 bits per heavy atom. The van der Waals surface area contributed by atoms with Crippen LogP contribution in [0, 0.1) is 0 Å². The molecule has 27 heavy (non-hydrogen) atoms. The molecule has 0 spiro atoms. The van der Waals surface area contributed by atoms with Crippen molar-refractivity contribution in [2.24, 2.45) is 0 Å². The second kappa shape index (κ2) is 6.41. The summed E-state index contributed by atoms with van der Waals surface area (Å²) in [4.78, 5) is 14.9. The first-order chi connectivity index (χ1) is 13.2. The highest BCUT2D eigenvalue weighted by atomic mass is 16.5. The molecule has 4 heterocycles. The predicted octanol–water partition coefficient (Wildman–Crippen LogP) is 1.66. The minimum Gasteiger partial charge on any atom is -0.381 e. The van der Waals surface area contributed by atoms with Crippen LogP contribution in [0.15, 0.2) is 18.2 Å². The lowest BCUT2D eigenvalue weighted by atomic mass is 9.98. The summed E-state index contributed by atoms with van der Waals surface area (Å²) >= 11 is 0. The van der Waals surface area contributed by atoms with Crippen LogP contribution in [-0.2, 0) is 11.3 Å². The zero-order chi connectivity index (χ0) is 18.4. The molecule has 140 valence electrons. The molecule has 0 bridgehead atoms. The van der Waals surface area contributed by atoms with E-state index in [1.54, 1.807) is 12.1 Å². The highest BCUT2D eigenvalue weighted by Crippen LogP contribution is 2.31. The van der Waals surface area contributed by atoms with Gasteiger partial charge in [0.1, 0.15) is 16.9 Å². The summed E-state index contributed by atoms with van der Waals surface area (Å²) in [6.07, 6.45) is 1.95. The van der Waals surface area contributed by atoms with Crippen molar-refractivity contribution >= 4 is 16.9 Å². The first-order valence-corrected chi connectivity index (χ1v) is 9.32. The van der Waals surface area contributed by atoms with Gasteiger partial charge < -0.3 is 14.2 Å². The minimum atomic E-state index is -0.0198. The first kappa shape index (κ1) is 16.4. The lowest BCUT2D eigenvalue weighted by molar-refractivity contribution is 0.0669. The maximum absolute atomic E-state index is 13.0. The lowest BCUT2D eigenvalue weighted by Crippen LogP contribution is -2.41. The Labute approximate surface area is 155 Å². The zero-order valence-corrected chi connectivity index (χ0v) is 15.1. The number of amides is 1. The molecule has 2 aliphatic heterocycles. The molecule has 2 aliphatic rings. The molecular weight excluding hydrogens is 346 g/mol. The molecule has 1 amide bonds. The summed E-state index contributed by atoms with van der Waals surface area (Å²) in [6.45, 7) is 4.77. The van der Waals surface area contributed by atoms with Crippen LogP contribution in [-0.4, -0.2) is 60.7 Å².